The molecule has 2 aromatic carbocycles. The third-order valence-corrected chi connectivity index (χ3v) is 4.91. The number of nitro benzene ring substituents is 1. The number of carbonyl (C=O) groups excluding carboxylic acids is 1. The van der Waals surface area contributed by atoms with Gasteiger partial charge in [-0.2, -0.15) is 4.79 Å². The molecule has 5 aromatic rings. The first kappa shape index (κ1) is 19.2. The van der Waals surface area contributed by atoms with Crippen LogP contribution in [0.2, 0.25) is 0 Å². The second-order valence-electron chi connectivity index (χ2n) is 6.94. The van der Waals surface area contributed by atoms with E-state index in [9.17, 15) is 14.9 Å². The third-order valence-electron chi connectivity index (χ3n) is 4.91. The molecule has 3 heterocycles. The van der Waals surface area contributed by atoms with E-state index in [2.05, 4.69) is 15.5 Å². The average molecular weight is 425 g/mol. The molecule has 1 amide bonds. The van der Waals surface area contributed by atoms with Crippen molar-refractivity contribution in [1.82, 2.24) is 14.9 Å². The van der Waals surface area contributed by atoms with Gasteiger partial charge in [0.15, 0.2) is 5.76 Å². The molecule has 0 unspecified atom stereocenters. The molecule has 0 aliphatic rings. The molecule has 9 heteroatoms. The van der Waals surface area contributed by atoms with Gasteiger partial charge in [-0.15, -0.1) is 5.10 Å². The van der Waals surface area contributed by atoms with Crippen LogP contribution < -0.4 is 5.43 Å². The largest absolute Gasteiger partial charge is 0.463 e. The molecule has 0 aliphatic heterocycles. The summed E-state index contributed by atoms with van der Waals surface area (Å²) >= 11 is 0. The van der Waals surface area contributed by atoms with Gasteiger partial charge >= 0.3 is 0 Å². The van der Waals surface area contributed by atoms with Gasteiger partial charge in [-0.1, -0.05) is 18.2 Å². The van der Waals surface area contributed by atoms with Crippen molar-refractivity contribution in [3.63, 3.8) is 0 Å². The zero-order chi connectivity index (χ0) is 22.1. The number of carbonyl (C=O) groups is 1. The van der Waals surface area contributed by atoms with Gasteiger partial charge in [-0.05, 0) is 42.5 Å². The van der Waals surface area contributed by atoms with Crippen LogP contribution in [0.3, 0.4) is 0 Å². The number of rotatable bonds is 5. The molecule has 0 spiro atoms. The number of aromatic nitrogens is 3. The lowest BCUT2D eigenvalue weighted by molar-refractivity contribution is -0.384. The SMILES string of the molecule is O=C(Nn1ccc(-c2ccco2)n1)c1cc(-c2ccc([N+](=O)[O-])cc2)nc2ccccc12. The highest BCUT2D eigenvalue weighted by atomic mass is 16.6. The molecule has 0 saturated carbocycles. The summed E-state index contributed by atoms with van der Waals surface area (Å²) in [5.41, 5.74) is 5.53. The lowest BCUT2D eigenvalue weighted by Crippen LogP contribution is -2.23. The number of amides is 1. The number of nitrogens with zero attached hydrogens (tertiary/aromatic N) is 4. The van der Waals surface area contributed by atoms with E-state index in [0.717, 1.165) is 0 Å². The number of nitrogens with one attached hydrogen (secondary N) is 1. The molecule has 32 heavy (non-hydrogen) atoms. The Labute approximate surface area is 181 Å². The second kappa shape index (κ2) is 7.80. The van der Waals surface area contributed by atoms with Crippen LogP contribution in [0.4, 0.5) is 5.69 Å². The highest BCUT2D eigenvalue weighted by molar-refractivity contribution is 6.10. The molecular formula is C23H15N5O4. The van der Waals surface area contributed by atoms with E-state index >= 15 is 0 Å². The first-order valence-corrected chi connectivity index (χ1v) is 9.64. The number of para-hydroxylation sites is 1. The van der Waals surface area contributed by atoms with Crippen molar-refractivity contribution in [3.05, 3.63) is 101 Å². The minimum absolute atomic E-state index is 0.0152. The minimum atomic E-state index is -0.461. The van der Waals surface area contributed by atoms with Crippen LogP contribution >= 0.6 is 0 Å². The van der Waals surface area contributed by atoms with E-state index in [0.29, 0.717) is 39.2 Å². The quantitative estimate of drug-likeness (QED) is 0.324. The molecule has 0 atom stereocenters. The predicted octanol–water partition coefficient (Wildman–Crippen LogP) is 4.65. The molecule has 5 rings (SSSR count). The summed E-state index contributed by atoms with van der Waals surface area (Å²) in [6.45, 7) is 0. The van der Waals surface area contributed by atoms with Crippen molar-refractivity contribution in [2.45, 2.75) is 0 Å². The van der Waals surface area contributed by atoms with E-state index in [4.69, 9.17) is 4.42 Å². The summed E-state index contributed by atoms with van der Waals surface area (Å²) in [6, 6.07) is 20.3. The van der Waals surface area contributed by atoms with E-state index in [1.54, 1.807) is 48.9 Å². The second-order valence-corrected chi connectivity index (χ2v) is 6.94. The molecule has 3 aromatic heterocycles. The monoisotopic (exact) mass is 425 g/mol. The summed E-state index contributed by atoms with van der Waals surface area (Å²) in [7, 11) is 0. The first-order chi connectivity index (χ1) is 15.6. The Morgan fingerprint density at radius 3 is 2.56 bits per heavy atom. The molecule has 0 saturated heterocycles. The normalized spacial score (nSPS) is 10.9. The van der Waals surface area contributed by atoms with E-state index in [1.807, 2.05) is 24.3 Å². The summed E-state index contributed by atoms with van der Waals surface area (Å²) in [4.78, 5) is 29.6. The summed E-state index contributed by atoms with van der Waals surface area (Å²) in [5.74, 6) is 0.216. The Hall–Kier alpha value is -4.79. The van der Waals surface area contributed by atoms with Gasteiger partial charge in [0.25, 0.3) is 11.6 Å². The number of nitro groups is 1. The summed E-state index contributed by atoms with van der Waals surface area (Å²) in [6.07, 6.45) is 3.17. The van der Waals surface area contributed by atoms with Crippen LogP contribution in [0.5, 0.6) is 0 Å². The molecule has 156 valence electrons. The Morgan fingerprint density at radius 1 is 1.00 bits per heavy atom. The van der Waals surface area contributed by atoms with Crippen molar-refractivity contribution in [3.8, 4) is 22.7 Å². The zero-order valence-corrected chi connectivity index (χ0v) is 16.5. The van der Waals surface area contributed by atoms with Gasteiger partial charge in [0.2, 0.25) is 0 Å². The van der Waals surface area contributed by atoms with Gasteiger partial charge in [0.05, 0.1) is 28.0 Å². The van der Waals surface area contributed by atoms with Gasteiger partial charge in [-0.25, -0.2) is 10.4 Å². The first-order valence-electron chi connectivity index (χ1n) is 9.64. The highest BCUT2D eigenvalue weighted by Gasteiger charge is 2.16. The predicted molar refractivity (Wildman–Crippen MR) is 117 cm³/mol. The number of hydrogen-bond donors (Lipinski definition) is 1. The topological polar surface area (TPSA) is 116 Å². The number of benzene rings is 2. The maximum atomic E-state index is 13.1. The number of hydrogen-bond acceptors (Lipinski definition) is 6. The number of non-ortho nitro benzene ring substituents is 1. The van der Waals surface area contributed by atoms with Crippen LogP contribution in [0.25, 0.3) is 33.6 Å². The van der Waals surface area contributed by atoms with Crippen LogP contribution in [0.15, 0.2) is 89.7 Å². The van der Waals surface area contributed by atoms with E-state index < -0.39 is 4.92 Å². The molecule has 9 nitrogen and oxygen atoms in total. The number of fused-ring (bicyclic) bond motifs is 1. The summed E-state index contributed by atoms with van der Waals surface area (Å²) < 4.78 is 5.33. The fourth-order valence-electron chi connectivity index (χ4n) is 3.37. The fraction of sp³-hybridized carbons (Fsp3) is 0. The number of pyridine rings is 1. The van der Waals surface area contributed by atoms with Crippen molar-refractivity contribution in [1.29, 1.82) is 0 Å². The van der Waals surface area contributed by atoms with Crippen LogP contribution in [-0.2, 0) is 0 Å². The Kier molecular flexibility index (Phi) is 4.68. The summed E-state index contributed by atoms with van der Waals surface area (Å²) in [5, 5.41) is 15.9. The fourth-order valence-corrected chi connectivity index (χ4v) is 3.37. The van der Waals surface area contributed by atoms with Crippen molar-refractivity contribution >= 4 is 22.5 Å². The third kappa shape index (κ3) is 3.58. The lowest BCUT2D eigenvalue weighted by Gasteiger charge is -2.10. The maximum absolute atomic E-state index is 13.1. The van der Waals surface area contributed by atoms with Gasteiger partial charge in [0.1, 0.15) is 5.69 Å². The zero-order valence-electron chi connectivity index (χ0n) is 16.5. The molecule has 0 fully saturated rings. The van der Waals surface area contributed by atoms with Gasteiger partial charge in [0, 0.05) is 29.3 Å². The van der Waals surface area contributed by atoms with Crippen LogP contribution in [0, 0.1) is 10.1 Å². The standard InChI is InChI=1S/C23H15N5O4/c29-23(26-27-12-11-20(25-27)22-6-3-13-32-22)18-14-21(24-19-5-2-1-4-17(18)19)15-7-9-16(10-8-15)28(30)31/h1-14H,(H,26,29). The van der Waals surface area contributed by atoms with Crippen LogP contribution in [0.1, 0.15) is 10.4 Å². The Balaban J connectivity index is 1.51. The number of furan rings is 1. The van der Waals surface area contributed by atoms with Gasteiger partial charge < -0.3 is 4.42 Å². The molecule has 0 bridgehead atoms. The molecule has 0 aliphatic carbocycles. The van der Waals surface area contributed by atoms with Gasteiger partial charge in [-0.3, -0.25) is 14.9 Å². The lowest BCUT2D eigenvalue weighted by atomic mass is 10.0. The molecular weight excluding hydrogens is 410 g/mol. The van der Waals surface area contributed by atoms with E-state index in [-0.39, 0.29) is 11.6 Å². The van der Waals surface area contributed by atoms with Crippen molar-refractivity contribution in [2.75, 3.05) is 5.43 Å². The van der Waals surface area contributed by atoms with E-state index in [1.165, 1.54) is 16.9 Å². The maximum Gasteiger partial charge on any atom is 0.272 e. The molecule has 1 N–H and O–H groups in total. The Morgan fingerprint density at radius 2 is 1.81 bits per heavy atom. The smallest absolute Gasteiger partial charge is 0.272 e. The van der Waals surface area contributed by atoms with Crippen molar-refractivity contribution < 1.29 is 14.1 Å². The average Bonchev–Trinajstić information content (AvgIpc) is 3.50. The minimum Gasteiger partial charge on any atom is -0.463 e. The van der Waals surface area contributed by atoms with Crippen molar-refractivity contribution in [2.24, 2.45) is 0 Å². The Bertz CT molecular complexity index is 1440. The highest BCUT2D eigenvalue weighted by Crippen LogP contribution is 2.26. The molecule has 0 radical (unpaired) electrons. The van der Waals surface area contributed by atoms with Crippen LogP contribution in [-0.4, -0.2) is 25.7 Å².